The highest BCUT2D eigenvalue weighted by molar-refractivity contribution is 8.00. The van der Waals surface area contributed by atoms with Crippen LogP contribution >= 0.6 is 23.1 Å². The zero-order valence-corrected chi connectivity index (χ0v) is 20.7. The number of nitrogens with one attached hydrogen (secondary N) is 2. The van der Waals surface area contributed by atoms with Gasteiger partial charge in [-0.25, -0.2) is 15.0 Å². The van der Waals surface area contributed by atoms with Gasteiger partial charge in [0.15, 0.2) is 0 Å². The van der Waals surface area contributed by atoms with E-state index in [1.807, 2.05) is 60.9 Å². The lowest BCUT2D eigenvalue weighted by Crippen LogP contribution is -2.47. The molecule has 4 N–H and O–H groups in total. The highest BCUT2D eigenvalue weighted by Crippen LogP contribution is 2.37. The van der Waals surface area contributed by atoms with E-state index < -0.39 is 11.8 Å². The van der Waals surface area contributed by atoms with Crippen LogP contribution in [0.3, 0.4) is 0 Å². The van der Waals surface area contributed by atoms with Crippen LogP contribution < -0.4 is 16.2 Å². The quantitative estimate of drug-likeness (QED) is 0.134. The lowest BCUT2D eigenvalue weighted by atomic mass is 10.2. The molecule has 0 atom stereocenters. The molecule has 0 aliphatic carbocycles. The van der Waals surface area contributed by atoms with Gasteiger partial charge in [-0.15, -0.1) is 23.1 Å². The van der Waals surface area contributed by atoms with E-state index in [4.69, 9.17) is 11.1 Å². The van der Waals surface area contributed by atoms with Crippen LogP contribution in [-0.4, -0.2) is 33.9 Å². The van der Waals surface area contributed by atoms with Gasteiger partial charge in [0.2, 0.25) is 0 Å². The molecule has 0 radical (unpaired) electrons. The summed E-state index contributed by atoms with van der Waals surface area (Å²) in [5, 5.41) is 10.8. The highest BCUT2D eigenvalue weighted by atomic mass is 32.2. The monoisotopic (exact) mass is 512 g/mol. The maximum Gasteiger partial charge on any atom is 0.295 e. The Hall–Kier alpha value is -4.28. The van der Waals surface area contributed by atoms with E-state index in [0.29, 0.717) is 25.8 Å². The molecule has 5 aromatic rings. The predicted octanol–water partition coefficient (Wildman–Crippen LogP) is 4.84. The van der Waals surface area contributed by atoms with Gasteiger partial charge in [-0.05, 0) is 36.6 Å². The molecule has 178 valence electrons. The molecule has 2 amide bonds. The van der Waals surface area contributed by atoms with Gasteiger partial charge < -0.3 is 5.73 Å². The first-order valence-corrected chi connectivity index (χ1v) is 12.9. The van der Waals surface area contributed by atoms with E-state index in [1.54, 1.807) is 24.3 Å². The summed E-state index contributed by atoms with van der Waals surface area (Å²) in [4.78, 5) is 36.5. The number of para-hydroxylation sites is 2. The maximum atomic E-state index is 13.8. The number of carbonyl (C=O) groups is 2. The summed E-state index contributed by atoms with van der Waals surface area (Å²) in [6, 6.07) is 23.4. The lowest BCUT2D eigenvalue weighted by Gasteiger charge is -2.23. The first kappa shape index (κ1) is 23.5. The van der Waals surface area contributed by atoms with Crippen LogP contribution in [0.15, 0.2) is 83.1 Å². The van der Waals surface area contributed by atoms with Gasteiger partial charge in [-0.1, -0.05) is 48.5 Å². The molecule has 36 heavy (non-hydrogen) atoms. The number of nitrogen functional groups attached to an aromatic ring is 1. The Morgan fingerprint density at radius 2 is 1.50 bits per heavy atom. The van der Waals surface area contributed by atoms with Gasteiger partial charge in [-0.3, -0.25) is 20.4 Å². The van der Waals surface area contributed by atoms with Gasteiger partial charge in [0, 0.05) is 10.8 Å². The van der Waals surface area contributed by atoms with Crippen molar-refractivity contribution in [3.63, 3.8) is 0 Å². The van der Waals surface area contributed by atoms with E-state index in [-0.39, 0.29) is 17.2 Å². The average Bonchev–Trinajstić information content (AvgIpc) is 3.35. The second-order valence-electron chi connectivity index (χ2n) is 7.76. The van der Waals surface area contributed by atoms with Crippen molar-refractivity contribution < 1.29 is 9.59 Å². The third kappa shape index (κ3) is 4.51. The van der Waals surface area contributed by atoms with Gasteiger partial charge in [0.05, 0.1) is 25.8 Å². The summed E-state index contributed by atoms with van der Waals surface area (Å²) < 4.78 is 0.709. The number of carbonyl (C=O) groups excluding carboxylic acids is 2. The molecule has 0 bridgehead atoms. The summed E-state index contributed by atoms with van der Waals surface area (Å²) in [5.41, 5.74) is 10.5. The zero-order valence-electron chi connectivity index (χ0n) is 19.1. The van der Waals surface area contributed by atoms with Crippen molar-refractivity contribution >= 4 is 68.2 Å². The number of hydrazine groups is 1. The third-order valence-electron chi connectivity index (χ3n) is 5.44. The number of pyridine rings is 2. The molecule has 3 heterocycles. The van der Waals surface area contributed by atoms with Crippen LogP contribution in [0.1, 0.15) is 25.9 Å². The van der Waals surface area contributed by atoms with Crippen LogP contribution in [0.4, 0.5) is 5.69 Å². The number of rotatable bonds is 5. The number of nitrogens with two attached hydrogens (primary N) is 1. The second-order valence-corrected chi connectivity index (χ2v) is 9.89. The number of amidine groups is 1. The molecule has 0 saturated carbocycles. The summed E-state index contributed by atoms with van der Waals surface area (Å²) in [6.45, 7) is 0. The van der Waals surface area contributed by atoms with Gasteiger partial charge in [0.25, 0.3) is 11.8 Å². The first-order valence-electron chi connectivity index (χ1n) is 10.8. The van der Waals surface area contributed by atoms with Crippen LogP contribution in [0.5, 0.6) is 0 Å². The Bertz CT molecular complexity index is 1650. The van der Waals surface area contributed by atoms with Crippen molar-refractivity contribution in [3.05, 3.63) is 95.1 Å². The minimum atomic E-state index is -0.558. The number of thiophene rings is 1. The lowest BCUT2D eigenvalue weighted by molar-refractivity contribution is 0.0882. The third-order valence-corrected chi connectivity index (χ3v) is 7.72. The molecule has 0 unspecified atom stereocenters. The molecule has 0 spiro atoms. The fourth-order valence-electron chi connectivity index (χ4n) is 3.67. The Kier molecular flexibility index (Phi) is 6.36. The van der Waals surface area contributed by atoms with Crippen molar-refractivity contribution in [3.8, 4) is 0 Å². The van der Waals surface area contributed by atoms with E-state index >= 15 is 0 Å². The van der Waals surface area contributed by atoms with Crippen molar-refractivity contribution in [2.24, 2.45) is 5.73 Å². The van der Waals surface area contributed by atoms with E-state index in [1.165, 1.54) is 23.1 Å². The topological polar surface area (TPSA) is 125 Å². The minimum Gasteiger partial charge on any atom is -0.383 e. The molecule has 3 aromatic heterocycles. The van der Waals surface area contributed by atoms with Crippen LogP contribution in [0.2, 0.25) is 0 Å². The number of benzene rings is 2. The first-order chi connectivity index (χ1) is 17.4. The molecular weight excluding hydrogens is 492 g/mol. The van der Waals surface area contributed by atoms with Crippen LogP contribution in [-0.2, 0) is 0 Å². The second kappa shape index (κ2) is 9.76. The smallest absolute Gasteiger partial charge is 0.295 e. The van der Waals surface area contributed by atoms with E-state index in [9.17, 15) is 9.59 Å². The summed E-state index contributed by atoms with van der Waals surface area (Å²) >= 11 is 2.66. The number of hydrogen-bond donors (Lipinski definition) is 3. The number of nitrogens with zero attached hydrogens (tertiary/aromatic N) is 3. The van der Waals surface area contributed by atoms with Gasteiger partial charge in [0.1, 0.15) is 17.2 Å². The summed E-state index contributed by atoms with van der Waals surface area (Å²) in [7, 11) is 0. The number of anilines is 1. The fraction of sp³-hybridized carbons (Fsp3) is 0.0385. The normalized spacial score (nSPS) is 10.9. The number of fused-ring (bicyclic) bond motifs is 2. The van der Waals surface area contributed by atoms with Crippen molar-refractivity contribution in [2.75, 3.05) is 11.3 Å². The Morgan fingerprint density at radius 3 is 2.11 bits per heavy atom. The Balaban J connectivity index is 1.57. The standard InChI is InChI=1S/C26H20N6O2S2/c1-35-26-21(14-22(36-26)23(27)28)32(25(34)20-13-11-16-7-3-5-9-18(16)30-20)31-24(33)19-12-10-15-6-2-4-8-17(15)29-19/h2-14H,1H3,(H3,27,28)(H,31,33). The zero-order chi connectivity index (χ0) is 25.2. The van der Waals surface area contributed by atoms with Crippen LogP contribution in [0, 0.1) is 5.41 Å². The molecular formula is C26H20N6O2S2. The molecule has 2 aromatic carbocycles. The summed E-state index contributed by atoms with van der Waals surface area (Å²) in [5.74, 6) is -1.21. The fourth-order valence-corrected chi connectivity index (χ4v) is 5.37. The van der Waals surface area contributed by atoms with Crippen LogP contribution in [0.25, 0.3) is 21.8 Å². The number of thioether (sulfide) groups is 1. The van der Waals surface area contributed by atoms with Crippen molar-refractivity contribution in [1.82, 2.24) is 15.4 Å². The minimum absolute atomic E-state index is 0.125. The molecule has 5 rings (SSSR count). The maximum absolute atomic E-state index is 13.8. The van der Waals surface area contributed by atoms with Crippen molar-refractivity contribution in [1.29, 1.82) is 5.41 Å². The van der Waals surface area contributed by atoms with Gasteiger partial charge in [-0.2, -0.15) is 0 Å². The molecule has 0 saturated heterocycles. The largest absolute Gasteiger partial charge is 0.383 e. The van der Waals surface area contributed by atoms with E-state index in [2.05, 4.69) is 15.4 Å². The summed E-state index contributed by atoms with van der Waals surface area (Å²) in [6.07, 6.45) is 1.85. The number of hydrogen-bond acceptors (Lipinski definition) is 7. The van der Waals surface area contributed by atoms with Gasteiger partial charge >= 0.3 is 0 Å². The molecule has 8 nitrogen and oxygen atoms in total. The highest BCUT2D eigenvalue weighted by Gasteiger charge is 2.27. The Morgan fingerprint density at radius 1 is 0.917 bits per heavy atom. The SMILES string of the molecule is CSc1sc(C(=N)N)cc1N(NC(=O)c1ccc2ccccc2n1)C(=O)c1ccc2ccccc2n1. The predicted molar refractivity (Wildman–Crippen MR) is 145 cm³/mol. The van der Waals surface area contributed by atoms with E-state index in [0.717, 1.165) is 15.8 Å². The molecule has 10 heteroatoms. The molecule has 0 aliphatic heterocycles. The molecule has 0 fully saturated rings. The Labute approximate surface area is 214 Å². The average molecular weight is 513 g/mol. The number of amides is 2. The number of aromatic nitrogens is 2. The molecule has 0 aliphatic rings. The van der Waals surface area contributed by atoms with Crippen molar-refractivity contribution in [2.45, 2.75) is 4.21 Å².